The molecule has 2 aliphatic rings. The Morgan fingerprint density at radius 1 is 1.30 bits per heavy atom. The molecule has 1 fully saturated rings. The van der Waals surface area contributed by atoms with Crippen LogP contribution in [0.2, 0.25) is 0 Å². The van der Waals surface area contributed by atoms with Crippen LogP contribution in [-0.4, -0.2) is 25.5 Å². The van der Waals surface area contributed by atoms with Crippen molar-refractivity contribution in [1.82, 2.24) is 5.32 Å². The summed E-state index contributed by atoms with van der Waals surface area (Å²) in [6.45, 7) is 2.29. The van der Waals surface area contributed by atoms with Gasteiger partial charge in [0.15, 0.2) is 0 Å². The van der Waals surface area contributed by atoms with Crippen molar-refractivity contribution in [1.29, 1.82) is 0 Å². The number of hydrogen-bond donors (Lipinski definition) is 2. The summed E-state index contributed by atoms with van der Waals surface area (Å²) in [6.07, 6.45) is 1.90. The van der Waals surface area contributed by atoms with Crippen LogP contribution in [0.15, 0.2) is 12.1 Å². The van der Waals surface area contributed by atoms with E-state index in [1.165, 1.54) is 11.0 Å². The van der Waals surface area contributed by atoms with Gasteiger partial charge < -0.3 is 16.0 Å². The standard InChI is InChI=1S/C14H17F2N3O/c15-9-5-10(16)12-11(6-9)19(14(20)13(12)17)7-8-1-3-18-4-2-8/h5-6,8,13,18H,1-4,7,17H2. The molecular weight excluding hydrogens is 264 g/mol. The lowest BCUT2D eigenvalue weighted by Gasteiger charge is -2.28. The lowest BCUT2D eigenvalue weighted by Crippen LogP contribution is -2.39. The lowest BCUT2D eigenvalue weighted by atomic mass is 9.97. The van der Waals surface area contributed by atoms with Crippen molar-refractivity contribution in [2.45, 2.75) is 18.9 Å². The number of carbonyl (C=O) groups excluding carboxylic acids is 1. The van der Waals surface area contributed by atoms with Gasteiger partial charge in [0, 0.05) is 18.2 Å². The number of nitrogens with one attached hydrogen (secondary N) is 1. The van der Waals surface area contributed by atoms with Crippen LogP contribution in [-0.2, 0) is 4.79 Å². The Bertz CT molecular complexity index is 543. The zero-order chi connectivity index (χ0) is 14.3. The zero-order valence-corrected chi connectivity index (χ0v) is 11.0. The van der Waals surface area contributed by atoms with Crippen LogP contribution in [0, 0.1) is 17.6 Å². The number of benzene rings is 1. The zero-order valence-electron chi connectivity index (χ0n) is 11.0. The highest BCUT2D eigenvalue weighted by Gasteiger charge is 2.38. The van der Waals surface area contributed by atoms with Gasteiger partial charge in [-0.05, 0) is 37.9 Å². The lowest BCUT2D eigenvalue weighted by molar-refractivity contribution is -0.119. The number of nitrogens with zero attached hydrogens (tertiary/aromatic N) is 1. The molecular formula is C14H17F2N3O. The minimum atomic E-state index is -1.02. The molecule has 0 spiro atoms. The third kappa shape index (κ3) is 2.19. The van der Waals surface area contributed by atoms with Crippen LogP contribution in [0.25, 0.3) is 0 Å². The maximum atomic E-state index is 13.8. The van der Waals surface area contributed by atoms with Crippen LogP contribution in [0.1, 0.15) is 24.4 Å². The first-order valence-corrected chi connectivity index (χ1v) is 6.84. The van der Waals surface area contributed by atoms with E-state index >= 15 is 0 Å². The third-order valence-corrected chi connectivity index (χ3v) is 4.11. The van der Waals surface area contributed by atoms with Crippen molar-refractivity contribution in [2.24, 2.45) is 11.7 Å². The van der Waals surface area contributed by atoms with Crippen LogP contribution in [0.4, 0.5) is 14.5 Å². The number of carbonyl (C=O) groups is 1. The fraction of sp³-hybridized carbons (Fsp3) is 0.500. The fourth-order valence-corrected chi connectivity index (χ4v) is 3.02. The molecule has 1 unspecified atom stereocenters. The first kappa shape index (κ1) is 13.5. The average molecular weight is 281 g/mol. The van der Waals surface area contributed by atoms with Gasteiger partial charge >= 0.3 is 0 Å². The fourth-order valence-electron chi connectivity index (χ4n) is 3.02. The molecule has 2 aliphatic heterocycles. The molecule has 0 radical (unpaired) electrons. The van der Waals surface area contributed by atoms with Gasteiger partial charge in [-0.25, -0.2) is 8.78 Å². The summed E-state index contributed by atoms with van der Waals surface area (Å²) < 4.78 is 27.2. The Kier molecular flexibility index (Phi) is 3.43. The number of piperidine rings is 1. The van der Waals surface area contributed by atoms with E-state index in [-0.39, 0.29) is 11.5 Å². The number of anilines is 1. The molecule has 1 amide bonds. The van der Waals surface area contributed by atoms with Gasteiger partial charge in [-0.15, -0.1) is 0 Å². The molecule has 3 N–H and O–H groups in total. The van der Waals surface area contributed by atoms with Gasteiger partial charge in [0.05, 0.1) is 5.69 Å². The first-order valence-electron chi connectivity index (χ1n) is 6.84. The summed E-state index contributed by atoms with van der Waals surface area (Å²) in [5.41, 5.74) is 6.18. The van der Waals surface area contributed by atoms with Gasteiger partial charge in [0.1, 0.15) is 17.7 Å². The van der Waals surface area contributed by atoms with Gasteiger partial charge in [0.25, 0.3) is 0 Å². The highest BCUT2D eigenvalue weighted by atomic mass is 19.1. The van der Waals surface area contributed by atoms with Crippen molar-refractivity contribution in [3.63, 3.8) is 0 Å². The molecule has 6 heteroatoms. The molecule has 1 aromatic carbocycles. The van der Waals surface area contributed by atoms with Gasteiger partial charge in [-0.1, -0.05) is 0 Å². The molecule has 1 aromatic rings. The first-order chi connectivity index (χ1) is 9.58. The van der Waals surface area contributed by atoms with Crippen molar-refractivity contribution >= 4 is 11.6 Å². The number of nitrogens with two attached hydrogens (primary N) is 1. The maximum Gasteiger partial charge on any atom is 0.248 e. The molecule has 20 heavy (non-hydrogen) atoms. The van der Waals surface area contributed by atoms with Crippen LogP contribution in [0.5, 0.6) is 0 Å². The van der Waals surface area contributed by atoms with Crippen molar-refractivity contribution in [3.8, 4) is 0 Å². The number of rotatable bonds is 2. The second-order valence-electron chi connectivity index (χ2n) is 5.44. The highest BCUT2D eigenvalue weighted by molar-refractivity contribution is 6.04. The summed E-state index contributed by atoms with van der Waals surface area (Å²) in [5, 5.41) is 3.25. The minimum Gasteiger partial charge on any atom is -0.317 e. The predicted molar refractivity (Wildman–Crippen MR) is 71.2 cm³/mol. The summed E-state index contributed by atoms with van der Waals surface area (Å²) in [7, 11) is 0. The SMILES string of the molecule is NC1C(=O)N(CC2CCNCC2)c2cc(F)cc(F)c21. The average Bonchev–Trinajstić information content (AvgIpc) is 2.65. The molecule has 0 aromatic heterocycles. The molecule has 108 valence electrons. The van der Waals surface area contributed by atoms with Crippen molar-refractivity contribution in [3.05, 3.63) is 29.3 Å². The van der Waals surface area contributed by atoms with Gasteiger partial charge in [0.2, 0.25) is 5.91 Å². The van der Waals surface area contributed by atoms with Gasteiger partial charge in [-0.2, -0.15) is 0 Å². The van der Waals surface area contributed by atoms with Crippen LogP contribution < -0.4 is 16.0 Å². The molecule has 4 nitrogen and oxygen atoms in total. The van der Waals surface area contributed by atoms with E-state index in [1.54, 1.807) is 0 Å². The molecule has 2 heterocycles. The third-order valence-electron chi connectivity index (χ3n) is 4.11. The molecule has 1 saturated heterocycles. The summed E-state index contributed by atoms with van der Waals surface area (Å²) in [5.74, 6) is -1.43. The van der Waals surface area contributed by atoms with Crippen molar-refractivity contribution in [2.75, 3.05) is 24.5 Å². The van der Waals surface area contributed by atoms with E-state index in [0.717, 1.165) is 32.0 Å². The van der Waals surface area contributed by atoms with Crippen LogP contribution >= 0.6 is 0 Å². The van der Waals surface area contributed by atoms with E-state index < -0.39 is 17.7 Å². The number of fused-ring (bicyclic) bond motifs is 1. The van der Waals surface area contributed by atoms with E-state index in [4.69, 9.17) is 5.73 Å². The Labute approximate surface area is 115 Å². The van der Waals surface area contributed by atoms with E-state index in [1.807, 2.05) is 0 Å². The van der Waals surface area contributed by atoms with Crippen LogP contribution in [0.3, 0.4) is 0 Å². The van der Waals surface area contributed by atoms with Crippen molar-refractivity contribution < 1.29 is 13.6 Å². The van der Waals surface area contributed by atoms with E-state index in [0.29, 0.717) is 18.2 Å². The molecule has 0 bridgehead atoms. The Morgan fingerprint density at radius 3 is 2.70 bits per heavy atom. The monoisotopic (exact) mass is 281 g/mol. The summed E-state index contributed by atoms with van der Waals surface area (Å²) in [6, 6.07) is 0.955. The molecule has 0 saturated carbocycles. The second kappa shape index (κ2) is 5.10. The number of amides is 1. The number of halogens is 2. The largest absolute Gasteiger partial charge is 0.317 e. The summed E-state index contributed by atoms with van der Waals surface area (Å²) >= 11 is 0. The van der Waals surface area contributed by atoms with Gasteiger partial charge in [-0.3, -0.25) is 4.79 Å². The molecule has 0 aliphatic carbocycles. The Morgan fingerprint density at radius 2 is 2.00 bits per heavy atom. The Balaban J connectivity index is 1.91. The smallest absolute Gasteiger partial charge is 0.248 e. The quantitative estimate of drug-likeness (QED) is 0.859. The molecule has 3 rings (SSSR count). The maximum absolute atomic E-state index is 13.8. The Hall–Kier alpha value is -1.53. The second-order valence-corrected chi connectivity index (χ2v) is 5.44. The minimum absolute atomic E-state index is 0.116. The topological polar surface area (TPSA) is 58.4 Å². The highest BCUT2D eigenvalue weighted by Crippen LogP contribution is 2.38. The number of hydrogen-bond acceptors (Lipinski definition) is 3. The molecule has 1 atom stereocenters. The van der Waals surface area contributed by atoms with E-state index in [9.17, 15) is 13.6 Å². The normalized spacial score (nSPS) is 23.2. The predicted octanol–water partition coefficient (Wildman–Crippen LogP) is 1.31. The van der Waals surface area contributed by atoms with E-state index in [2.05, 4.69) is 5.32 Å². The summed E-state index contributed by atoms with van der Waals surface area (Å²) in [4.78, 5) is 13.6.